The number of carbonyl (C=O) groups is 1. The number of carbonyl (C=O) groups excluding carboxylic acids is 1. The number of ether oxygens (including phenoxy) is 1. The molecule has 2 aromatic heterocycles. The van der Waals surface area contributed by atoms with E-state index in [1.807, 2.05) is 57.3 Å². The van der Waals surface area contributed by atoms with Gasteiger partial charge >= 0.3 is 6.09 Å². The van der Waals surface area contributed by atoms with Crippen LogP contribution in [0.4, 0.5) is 16.2 Å². The Morgan fingerprint density at radius 2 is 1.86 bits per heavy atom. The first-order valence-corrected chi connectivity index (χ1v) is 10.4. The fourth-order valence-corrected chi connectivity index (χ4v) is 3.53. The molecule has 0 aliphatic carbocycles. The summed E-state index contributed by atoms with van der Waals surface area (Å²) in [5.41, 5.74) is 6.57. The molecule has 0 fully saturated rings. The smallest absolute Gasteiger partial charge is 0.411 e. The summed E-state index contributed by atoms with van der Waals surface area (Å²) in [6.45, 7) is 6.55. The van der Waals surface area contributed by atoms with Crippen molar-refractivity contribution in [2.24, 2.45) is 0 Å². The summed E-state index contributed by atoms with van der Waals surface area (Å²) in [5.74, 6) is 0.290. The molecule has 0 radical (unpaired) electrons. The zero-order valence-corrected chi connectivity index (χ0v) is 18.1. The molecule has 1 aromatic carbocycles. The van der Waals surface area contributed by atoms with Gasteiger partial charge in [0.2, 0.25) is 0 Å². The molecule has 29 heavy (non-hydrogen) atoms. The Bertz CT molecular complexity index is 1020. The molecular formula is C21H24Cl2N4O2. The molecule has 3 rings (SSSR count). The van der Waals surface area contributed by atoms with E-state index in [1.54, 1.807) is 0 Å². The Kier molecular flexibility index (Phi) is 6.87. The first-order valence-electron chi connectivity index (χ1n) is 9.30. The van der Waals surface area contributed by atoms with Gasteiger partial charge in [-0.25, -0.2) is 9.78 Å². The van der Waals surface area contributed by atoms with Crippen molar-refractivity contribution in [3.63, 3.8) is 0 Å². The van der Waals surface area contributed by atoms with Gasteiger partial charge in [-0.3, -0.25) is 5.32 Å². The summed E-state index contributed by atoms with van der Waals surface area (Å²) in [4.78, 5) is 16.9. The van der Waals surface area contributed by atoms with Crippen molar-refractivity contribution in [1.82, 2.24) is 9.38 Å². The summed E-state index contributed by atoms with van der Waals surface area (Å²) in [6, 6.07) is 9.70. The fourth-order valence-electron chi connectivity index (χ4n) is 3.07. The average molecular weight is 435 g/mol. The van der Waals surface area contributed by atoms with Gasteiger partial charge in [-0.1, -0.05) is 12.1 Å². The van der Waals surface area contributed by atoms with Crippen LogP contribution in [0.15, 0.2) is 36.5 Å². The lowest BCUT2D eigenvalue weighted by atomic mass is 10.1. The maximum atomic E-state index is 12.2. The number of anilines is 2. The van der Waals surface area contributed by atoms with E-state index in [1.165, 1.54) is 0 Å². The monoisotopic (exact) mass is 434 g/mol. The highest BCUT2D eigenvalue weighted by atomic mass is 35.5. The van der Waals surface area contributed by atoms with Crippen molar-refractivity contribution in [3.8, 4) is 0 Å². The third kappa shape index (κ3) is 4.77. The number of aryl methyl sites for hydroxylation is 3. The van der Waals surface area contributed by atoms with Crippen LogP contribution in [0.3, 0.4) is 0 Å². The van der Waals surface area contributed by atoms with Crippen LogP contribution in [0.1, 0.15) is 22.5 Å². The van der Waals surface area contributed by atoms with E-state index in [4.69, 9.17) is 27.9 Å². The van der Waals surface area contributed by atoms with E-state index in [0.717, 1.165) is 33.8 Å². The zero-order chi connectivity index (χ0) is 21.0. The lowest BCUT2D eigenvalue weighted by Gasteiger charge is -2.17. The fraction of sp³-hybridized carbons (Fsp3) is 0.333. The zero-order valence-electron chi connectivity index (χ0n) is 16.6. The van der Waals surface area contributed by atoms with Crippen LogP contribution in [0.2, 0.25) is 0 Å². The number of amides is 1. The predicted octanol–water partition coefficient (Wildman–Crippen LogP) is 5.27. The van der Waals surface area contributed by atoms with E-state index >= 15 is 0 Å². The topological polar surface area (TPSA) is 67.7 Å². The van der Waals surface area contributed by atoms with Gasteiger partial charge in [-0.15, -0.1) is 23.2 Å². The van der Waals surface area contributed by atoms with E-state index in [2.05, 4.69) is 20.0 Å². The van der Waals surface area contributed by atoms with Crippen molar-refractivity contribution in [2.75, 3.05) is 22.4 Å². The molecular weight excluding hydrogens is 411 g/mol. The van der Waals surface area contributed by atoms with Crippen LogP contribution >= 0.6 is 23.2 Å². The highest BCUT2D eigenvalue weighted by molar-refractivity contribution is 6.21. The molecule has 2 heterocycles. The van der Waals surface area contributed by atoms with E-state index in [0.29, 0.717) is 12.2 Å². The van der Waals surface area contributed by atoms with E-state index < -0.39 is 12.2 Å². The van der Waals surface area contributed by atoms with Crippen molar-refractivity contribution in [1.29, 1.82) is 0 Å². The maximum absolute atomic E-state index is 12.2. The van der Waals surface area contributed by atoms with Crippen LogP contribution in [0.25, 0.3) is 5.65 Å². The number of rotatable bonds is 7. The van der Waals surface area contributed by atoms with Gasteiger partial charge < -0.3 is 14.5 Å². The second-order valence-electron chi connectivity index (χ2n) is 6.81. The number of imidazole rings is 1. The minimum absolute atomic E-state index is 0.145. The summed E-state index contributed by atoms with van der Waals surface area (Å²) in [6.07, 6.45) is 0.885. The second-order valence-corrected chi connectivity index (χ2v) is 7.43. The number of halogens is 2. The van der Waals surface area contributed by atoms with E-state index in [9.17, 15) is 4.79 Å². The number of hydrogen-bond acceptors (Lipinski definition) is 4. The molecule has 0 aliphatic rings. The molecule has 2 N–H and O–H groups in total. The summed E-state index contributed by atoms with van der Waals surface area (Å²) in [7, 11) is 0. The lowest BCUT2D eigenvalue weighted by molar-refractivity contribution is 0.133. The lowest BCUT2D eigenvalue weighted by Crippen LogP contribution is -2.25. The molecule has 8 heteroatoms. The van der Waals surface area contributed by atoms with Gasteiger partial charge in [0.05, 0.1) is 23.1 Å². The molecule has 1 amide bonds. The number of pyridine rings is 1. The van der Waals surface area contributed by atoms with Gasteiger partial charge in [-0.2, -0.15) is 0 Å². The van der Waals surface area contributed by atoms with Crippen LogP contribution in [0.5, 0.6) is 0 Å². The van der Waals surface area contributed by atoms with Crippen LogP contribution in [0, 0.1) is 20.8 Å². The minimum atomic E-state index is -0.579. The Hall–Kier alpha value is -2.44. The molecule has 0 spiro atoms. The molecule has 0 saturated carbocycles. The summed E-state index contributed by atoms with van der Waals surface area (Å²) in [5, 5.41) is 6.24. The van der Waals surface area contributed by atoms with Crippen LogP contribution in [-0.4, -0.2) is 33.3 Å². The molecule has 0 unspecified atom stereocenters. The molecule has 6 nitrogen and oxygen atoms in total. The standard InChI is InChI=1S/C21H24Cl2N4O2/c1-13-6-4-7-18(26-21(28)29-16(10-22)11-23)17(13)12-24-19-8-5-9-27-15(3)14(2)25-20(19)27/h4-9,16,24H,10-12H2,1-3H3,(H,26,28). The third-order valence-electron chi connectivity index (χ3n) is 4.85. The minimum Gasteiger partial charge on any atom is -0.443 e. The number of fused-ring (bicyclic) bond motifs is 1. The molecule has 0 saturated heterocycles. The van der Waals surface area contributed by atoms with Crippen LogP contribution in [-0.2, 0) is 11.3 Å². The van der Waals surface area contributed by atoms with Crippen molar-refractivity contribution in [3.05, 3.63) is 59.0 Å². The number of benzene rings is 1. The highest BCUT2D eigenvalue weighted by Crippen LogP contribution is 2.24. The third-order valence-corrected chi connectivity index (χ3v) is 5.53. The number of hydrogen-bond donors (Lipinski definition) is 2. The molecule has 3 aromatic rings. The van der Waals surface area contributed by atoms with Crippen LogP contribution < -0.4 is 10.6 Å². The van der Waals surface area contributed by atoms with Gasteiger partial charge in [0, 0.05) is 24.1 Å². The number of nitrogens with zero attached hydrogens (tertiary/aromatic N) is 2. The summed E-state index contributed by atoms with van der Waals surface area (Å²) < 4.78 is 7.30. The molecule has 0 aliphatic heterocycles. The molecule has 0 atom stereocenters. The van der Waals surface area contributed by atoms with E-state index in [-0.39, 0.29) is 11.8 Å². The Morgan fingerprint density at radius 3 is 2.59 bits per heavy atom. The Labute approximate surface area is 180 Å². The largest absolute Gasteiger partial charge is 0.443 e. The van der Waals surface area contributed by atoms with Gasteiger partial charge in [0.1, 0.15) is 6.10 Å². The first kappa shape index (κ1) is 21.3. The van der Waals surface area contributed by atoms with Gasteiger partial charge in [0.15, 0.2) is 5.65 Å². The average Bonchev–Trinajstić information content (AvgIpc) is 3.00. The Morgan fingerprint density at radius 1 is 1.14 bits per heavy atom. The van der Waals surface area contributed by atoms with Crippen molar-refractivity contribution >= 4 is 46.3 Å². The summed E-state index contributed by atoms with van der Waals surface area (Å²) >= 11 is 11.5. The normalized spacial score (nSPS) is 11.1. The number of nitrogens with one attached hydrogen (secondary N) is 2. The van der Waals surface area contributed by atoms with Gasteiger partial charge in [-0.05, 0) is 50.1 Å². The quantitative estimate of drug-likeness (QED) is 0.497. The maximum Gasteiger partial charge on any atom is 0.411 e. The van der Waals surface area contributed by atoms with Crippen molar-refractivity contribution in [2.45, 2.75) is 33.4 Å². The molecule has 154 valence electrons. The predicted molar refractivity (Wildman–Crippen MR) is 119 cm³/mol. The molecule has 0 bridgehead atoms. The first-order chi connectivity index (χ1) is 13.9. The Balaban J connectivity index is 1.80. The highest BCUT2D eigenvalue weighted by Gasteiger charge is 2.15. The number of alkyl halides is 2. The second kappa shape index (κ2) is 9.37. The van der Waals surface area contributed by atoms with Crippen molar-refractivity contribution < 1.29 is 9.53 Å². The number of aromatic nitrogens is 2. The van der Waals surface area contributed by atoms with Gasteiger partial charge in [0.25, 0.3) is 0 Å². The SMILES string of the molecule is Cc1cccc(NC(=O)OC(CCl)CCl)c1CNc1cccn2c(C)c(C)nc12.